The summed E-state index contributed by atoms with van der Waals surface area (Å²) in [5, 5.41) is 18.5. The summed E-state index contributed by atoms with van der Waals surface area (Å²) < 4.78 is 4.95. The van der Waals surface area contributed by atoms with Crippen LogP contribution in [0.25, 0.3) is 6.08 Å². The van der Waals surface area contributed by atoms with E-state index in [9.17, 15) is 5.11 Å². The molecule has 0 aliphatic rings. The van der Waals surface area contributed by atoms with Gasteiger partial charge in [0.2, 0.25) is 0 Å². The van der Waals surface area contributed by atoms with Gasteiger partial charge in [0.05, 0.1) is 18.7 Å². The van der Waals surface area contributed by atoms with Crippen LogP contribution < -0.4 is 4.74 Å². The van der Waals surface area contributed by atoms with Crippen LogP contribution in [0.15, 0.2) is 18.2 Å². The molecule has 0 bridgehead atoms. The van der Waals surface area contributed by atoms with Gasteiger partial charge < -0.3 is 9.84 Å². The lowest BCUT2D eigenvalue weighted by molar-refractivity contribution is 0.373. The largest absolute Gasteiger partial charge is 0.504 e. The molecule has 0 heterocycles. The van der Waals surface area contributed by atoms with Crippen LogP contribution in [-0.2, 0) is 0 Å². The minimum atomic E-state index is 0.0366. The van der Waals surface area contributed by atoms with Crippen molar-refractivity contribution < 1.29 is 9.84 Å². The molecule has 0 saturated carbocycles. The van der Waals surface area contributed by atoms with Gasteiger partial charge in [-0.15, -0.1) is 0 Å². The summed E-state index contributed by atoms with van der Waals surface area (Å²) in [6.45, 7) is 0. The van der Waals surface area contributed by atoms with Gasteiger partial charge in [0.1, 0.15) is 0 Å². The van der Waals surface area contributed by atoms with Crippen LogP contribution in [0.4, 0.5) is 0 Å². The third-order valence-electron chi connectivity index (χ3n) is 1.86. The van der Waals surface area contributed by atoms with Crippen molar-refractivity contribution in [3.05, 3.63) is 29.3 Å². The molecule has 1 aromatic rings. The molecule has 0 amide bonds. The Morgan fingerprint density at radius 2 is 2.33 bits per heavy atom. The van der Waals surface area contributed by atoms with Gasteiger partial charge in [-0.1, -0.05) is 12.2 Å². The number of methoxy groups -OCH3 is 1. The van der Waals surface area contributed by atoms with Gasteiger partial charge in [-0.05, 0) is 6.07 Å². The maximum atomic E-state index is 9.72. The van der Waals surface area contributed by atoms with Crippen LogP contribution in [-0.4, -0.2) is 18.0 Å². The first kappa shape index (κ1) is 11.5. The molecule has 1 rings (SSSR count). The Labute approximate surface area is 94.0 Å². The molecular formula is C11H11NO2S. The fraction of sp³-hybridized carbons (Fsp3) is 0.182. The zero-order valence-corrected chi connectivity index (χ0v) is 9.16. The van der Waals surface area contributed by atoms with E-state index in [0.29, 0.717) is 22.6 Å². The zero-order chi connectivity index (χ0) is 11.3. The number of benzene rings is 1. The number of hydrogen-bond donors (Lipinski definition) is 2. The van der Waals surface area contributed by atoms with Crippen molar-refractivity contribution in [3.8, 4) is 17.6 Å². The predicted octanol–water partition coefficient (Wildman–Crippen LogP) is 2.22. The Morgan fingerprint density at radius 3 is 2.87 bits per heavy atom. The van der Waals surface area contributed by atoms with E-state index in [2.05, 4.69) is 12.6 Å². The van der Waals surface area contributed by atoms with Gasteiger partial charge in [0.15, 0.2) is 11.5 Å². The van der Waals surface area contributed by atoms with Gasteiger partial charge in [-0.2, -0.15) is 17.9 Å². The number of nitrogens with zero attached hydrogens (tertiary/aromatic N) is 1. The van der Waals surface area contributed by atoms with Gasteiger partial charge in [0.25, 0.3) is 0 Å². The van der Waals surface area contributed by atoms with Crippen LogP contribution in [0.1, 0.15) is 11.1 Å². The number of rotatable bonds is 3. The molecule has 3 nitrogen and oxygen atoms in total. The summed E-state index contributed by atoms with van der Waals surface area (Å²) in [6.07, 6.45) is 3.48. The van der Waals surface area contributed by atoms with Gasteiger partial charge in [0, 0.05) is 17.4 Å². The van der Waals surface area contributed by atoms with E-state index in [1.807, 2.05) is 6.07 Å². The van der Waals surface area contributed by atoms with Crippen LogP contribution in [0, 0.1) is 11.3 Å². The van der Waals surface area contributed by atoms with Crippen LogP contribution in [0.3, 0.4) is 0 Å². The second-order valence-corrected chi connectivity index (χ2v) is 3.18. The first-order valence-corrected chi connectivity index (χ1v) is 4.94. The number of nitriles is 1. The van der Waals surface area contributed by atoms with Crippen molar-refractivity contribution in [3.63, 3.8) is 0 Å². The van der Waals surface area contributed by atoms with Gasteiger partial charge >= 0.3 is 0 Å². The molecule has 4 heteroatoms. The van der Waals surface area contributed by atoms with E-state index in [1.165, 1.54) is 13.2 Å². The Morgan fingerprint density at radius 1 is 1.60 bits per heavy atom. The monoisotopic (exact) mass is 221 g/mol. The molecule has 0 fully saturated rings. The topological polar surface area (TPSA) is 53.2 Å². The summed E-state index contributed by atoms with van der Waals surface area (Å²) in [5.74, 6) is 0.904. The van der Waals surface area contributed by atoms with E-state index in [0.717, 1.165) is 0 Å². The third-order valence-corrected chi connectivity index (χ3v) is 2.07. The number of hydrogen-bond acceptors (Lipinski definition) is 4. The summed E-state index contributed by atoms with van der Waals surface area (Å²) >= 11 is 4.02. The standard InChI is InChI=1S/C11H11NO2S/c1-14-10-6-8(7-12)5-9(11(10)13)3-2-4-15/h2-3,5-6,13,15H,4H2,1H3. The first-order chi connectivity index (χ1) is 7.22. The van der Waals surface area contributed by atoms with E-state index in [-0.39, 0.29) is 5.75 Å². The van der Waals surface area contributed by atoms with E-state index in [4.69, 9.17) is 10.00 Å². The highest BCUT2D eigenvalue weighted by molar-refractivity contribution is 7.80. The number of aromatic hydroxyl groups is 1. The number of phenolic OH excluding ortho intramolecular Hbond substituents is 1. The van der Waals surface area contributed by atoms with Crippen molar-refractivity contribution in [1.82, 2.24) is 0 Å². The predicted molar refractivity (Wildman–Crippen MR) is 62.3 cm³/mol. The molecule has 0 spiro atoms. The lowest BCUT2D eigenvalue weighted by Crippen LogP contribution is -1.88. The maximum Gasteiger partial charge on any atom is 0.165 e. The number of thiol groups is 1. The van der Waals surface area contributed by atoms with Crippen LogP contribution >= 0.6 is 12.6 Å². The van der Waals surface area contributed by atoms with Gasteiger partial charge in [-0.3, -0.25) is 0 Å². The Kier molecular flexibility index (Phi) is 4.07. The average molecular weight is 221 g/mol. The van der Waals surface area contributed by atoms with Crippen LogP contribution in [0.5, 0.6) is 11.5 Å². The molecule has 0 aliphatic heterocycles. The zero-order valence-electron chi connectivity index (χ0n) is 8.27. The Balaban J connectivity index is 3.25. The molecule has 0 saturated heterocycles. The smallest absolute Gasteiger partial charge is 0.165 e. The highest BCUT2D eigenvalue weighted by Crippen LogP contribution is 2.32. The van der Waals surface area contributed by atoms with E-state index >= 15 is 0 Å². The molecule has 15 heavy (non-hydrogen) atoms. The minimum Gasteiger partial charge on any atom is -0.504 e. The van der Waals surface area contributed by atoms with E-state index < -0.39 is 0 Å². The van der Waals surface area contributed by atoms with Gasteiger partial charge in [-0.25, -0.2) is 0 Å². The fourth-order valence-corrected chi connectivity index (χ4v) is 1.26. The van der Waals surface area contributed by atoms with Crippen molar-refractivity contribution in [1.29, 1.82) is 5.26 Å². The molecule has 0 aliphatic carbocycles. The lowest BCUT2D eigenvalue weighted by Gasteiger charge is -2.06. The molecule has 0 aromatic heterocycles. The highest BCUT2D eigenvalue weighted by atomic mass is 32.1. The van der Waals surface area contributed by atoms with Crippen molar-refractivity contribution in [2.75, 3.05) is 12.9 Å². The molecule has 78 valence electrons. The second-order valence-electron chi connectivity index (χ2n) is 2.81. The van der Waals surface area contributed by atoms with Crippen molar-refractivity contribution in [2.45, 2.75) is 0 Å². The highest BCUT2D eigenvalue weighted by Gasteiger charge is 2.07. The summed E-state index contributed by atoms with van der Waals surface area (Å²) in [7, 11) is 1.45. The minimum absolute atomic E-state index is 0.0366. The maximum absolute atomic E-state index is 9.72. The molecule has 0 radical (unpaired) electrons. The Hall–Kier alpha value is -1.60. The SMILES string of the molecule is COc1cc(C#N)cc(C=CCS)c1O. The van der Waals surface area contributed by atoms with Crippen LogP contribution in [0.2, 0.25) is 0 Å². The van der Waals surface area contributed by atoms with Crippen molar-refractivity contribution >= 4 is 18.7 Å². The normalized spacial score (nSPS) is 10.2. The number of ether oxygens (including phenoxy) is 1. The molecule has 0 atom stereocenters. The lowest BCUT2D eigenvalue weighted by atomic mass is 10.1. The summed E-state index contributed by atoms with van der Waals surface area (Å²) in [6, 6.07) is 5.09. The summed E-state index contributed by atoms with van der Waals surface area (Å²) in [5.41, 5.74) is 1.00. The molecule has 0 unspecified atom stereocenters. The first-order valence-electron chi connectivity index (χ1n) is 4.31. The number of phenols is 1. The van der Waals surface area contributed by atoms with E-state index in [1.54, 1.807) is 18.2 Å². The second kappa shape index (κ2) is 5.32. The summed E-state index contributed by atoms with van der Waals surface area (Å²) in [4.78, 5) is 0. The molecule has 1 aromatic carbocycles. The average Bonchev–Trinajstić information content (AvgIpc) is 2.27. The Bertz CT molecular complexity index is 421. The molecule has 1 N–H and O–H groups in total. The third kappa shape index (κ3) is 2.67. The molecular weight excluding hydrogens is 210 g/mol. The quantitative estimate of drug-likeness (QED) is 0.769. The van der Waals surface area contributed by atoms with Crippen molar-refractivity contribution in [2.24, 2.45) is 0 Å². The fourth-order valence-electron chi connectivity index (χ4n) is 1.16.